The van der Waals surface area contributed by atoms with Gasteiger partial charge in [0, 0.05) is 5.02 Å². The first kappa shape index (κ1) is 16.0. The highest BCUT2D eigenvalue weighted by Crippen LogP contribution is 2.18. The van der Waals surface area contributed by atoms with Crippen LogP contribution in [0.25, 0.3) is 0 Å². The fourth-order valence-electron chi connectivity index (χ4n) is 1.84. The molecule has 3 N–H and O–H groups in total. The average Bonchev–Trinajstić information content (AvgIpc) is 2.49. The molecular weight excluding hydrogens is 314 g/mol. The van der Waals surface area contributed by atoms with Gasteiger partial charge in [-0.25, -0.2) is 4.39 Å². The number of hydrogen-bond donors (Lipinski definition) is 2. The standard InChI is InChI=1S/C15H15Cl2FN2O/c16-11-2-4-13(5-3-11)21-9-12(20-19)7-10-1-6-14(17)15(18)8-10/h1-6,8,12,20H,7,9,19H2. The molecular formula is C15H15Cl2FN2O. The minimum Gasteiger partial charge on any atom is -0.492 e. The molecule has 0 aromatic heterocycles. The number of rotatable bonds is 6. The molecule has 0 saturated carbocycles. The first-order chi connectivity index (χ1) is 10.1. The number of hydrazine groups is 1. The van der Waals surface area contributed by atoms with Gasteiger partial charge in [-0.15, -0.1) is 0 Å². The maximum Gasteiger partial charge on any atom is 0.142 e. The molecule has 112 valence electrons. The summed E-state index contributed by atoms with van der Waals surface area (Å²) in [7, 11) is 0. The maximum atomic E-state index is 13.4. The molecule has 2 rings (SSSR count). The van der Waals surface area contributed by atoms with Crippen LogP contribution in [0.15, 0.2) is 42.5 Å². The smallest absolute Gasteiger partial charge is 0.142 e. The second-order valence-corrected chi connectivity index (χ2v) is 5.42. The predicted octanol–water partition coefficient (Wildman–Crippen LogP) is 3.59. The molecule has 0 spiro atoms. The highest BCUT2D eigenvalue weighted by molar-refractivity contribution is 6.30. The highest BCUT2D eigenvalue weighted by atomic mass is 35.5. The lowest BCUT2D eigenvalue weighted by Crippen LogP contribution is -2.41. The van der Waals surface area contributed by atoms with Crippen molar-refractivity contribution in [2.24, 2.45) is 5.84 Å². The third-order valence-corrected chi connectivity index (χ3v) is 3.53. The predicted molar refractivity (Wildman–Crippen MR) is 83.2 cm³/mol. The van der Waals surface area contributed by atoms with Crippen molar-refractivity contribution in [2.75, 3.05) is 6.61 Å². The number of halogens is 3. The topological polar surface area (TPSA) is 47.3 Å². The van der Waals surface area contributed by atoms with E-state index < -0.39 is 5.82 Å². The van der Waals surface area contributed by atoms with Crippen LogP contribution in [0.5, 0.6) is 5.75 Å². The van der Waals surface area contributed by atoms with Gasteiger partial charge < -0.3 is 4.74 Å². The van der Waals surface area contributed by atoms with Gasteiger partial charge in [-0.2, -0.15) is 0 Å². The molecule has 6 heteroatoms. The molecule has 2 aromatic rings. The molecule has 0 saturated heterocycles. The second-order valence-electron chi connectivity index (χ2n) is 4.58. The van der Waals surface area contributed by atoms with Crippen molar-refractivity contribution in [3.05, 3.63) is 63.9 Å². The molecule has 0 aliphatic heterocycles. The van der Waals surface area contributed by atoms with Crippen molar-refractivity contribution < 1.29 is 9.13 Å². The van der Waals surface area contributed by atoms with E-state index in [1.54, 1.807) is 30.3 Å². The number of nitrogens with two attached hydrogens (primary N) is 1. The van der Waals surface area contributed by atoms with Crippen molar-refractivity contribution >= 4 is 23.2 Å². The summed E-state index contributed by atoms with van der Waals surface area (Å²) < 4.78 is 19.0. The van der Waals surface area contributed by atoms with E-state index in [1.165, 1.54) is 12.1 Å². The fraction of sp³-hybridized carbons (Fsp3) is 0.200. The molecule has 2 aromatic carbocycles. The first-order valence-corrected chi connectivity index (χ1v) is 7.12. The molecule has 3 nitrogen and oxygen atoms in total. The van der Waals surface area contributed by atoms with Crippen LogP contribution in [0.1, 0.15) is 5.56 Å². The van der Waals surface area contributed by atoms with Gasteiger partial charge in [-0.05, 0) is 48.4 Å². The molecule has 0 heterocycles. The van der Waals surface area contributed by atoms with Crippen LogP contribution in [0.4, 0.5) is 4.39 Å². The third-order valence-electron chi connectivity index (χ3n) is 2.97. The summed E-state index contributed by atoms with van der Waals surface area (Å²) in [5.74, 6) is 5.76. The molecule has 0 radical (unpaired) electrons. The number of hydrogen-bond acceptors (Lipinski definition) is 3. The lowest BCUT2D eigenvalue weighted by molar-refractivity contribution is 0.264. The van der Waals surface area contributed by atoms with Crippen LogP contribution in [-0.2, 0) is 6.42 Å². The van der Waals surface area contributed by atoms with Gasteiger partial charge in [0.05, 0.1) is 11.1 Å². The van der Waals surface area contributed by atoms with Crippen LogP contribution < -0.4 is 16.0 Å². The Hall–Kier alpha value is -1.33. The summed E-state index contributed by atoms with van der Waals surface area (Å²) in [6.07, 6.45) is 0.526. The quantitative estimate of drug-likeness (QED) is 0.629. The normalized spacial score (nSPS) is 12.2. The van der Waals surface area contributed by atoms with Crippen molar-refractivity contribution in [3.63, 3.8) is 0 Å². The summed E-state index contributed by atoms with van der Waals surface area (Å²) >= 11 is 11.5. The van der Waals surface area contributed by atoms with E-state index >= 15 is 0 Å². The van der Waals surface area contributed by atoms with E-state index in [9.17, 15) is 4.39 Å². The lowest BCUT2D eigenvalue weighted by atomic mass is 10.1. The first-order valence-electron chi connectivity index (χ1n) is 6.37. The average molecular weight is 329 g/mol. The van der Waals surface area contributed by atoms with Crippen LogP contribution in [-0.4, -0.2) is 12.6 Å². The monoisotopic (exact) mass is 328 g/mol. The third kappa shape index (κ3) is 4.86. The van der Waals surface area contributed by atoms with E-state index in [-0.39, 0.29) is 11.1 Å². The Morgan fingerprint density at radius 3 is 2.48 bits per heavy atom. The molecule has 0 aliphatic rings. The van der Waals surface area contributed by atoms with E-state index in [1.807, 2.05) is 0 Å². The molecule has 21 heavy (non-hydrogen) atoms. The Bertz CT molecular complexity index is 593. The van der Waals surface area contributed by atoms with Gasteiger partial charge >= 0.3 is 0 Å². The lowest BCUT2D eigenvalue weighted by Gasteiger charge is -2.17. The summed E-state index contributed by atoms with van der Waals surface area (Å²) in [5.41, 5.74) is 3.45. The Balaban J connectivity index is 1.93. The summed E-state index contributed by atoms with van der Waals surface area (Å²) in [4.78, 5) is 0. The van der Waals surface area contributed by atoms with Gasteiger partial charge in [0.1, 0.15) is 18.2 Å². The summed E-state index contributed by atoms with van der Waals surface area (Å²) in [6.45, 7) is 0.350. The van der Waals surface area contributed by atoms with Gasteiger partial charge in [-0.3, -0.25) is 11.3 Å². The van der Waals surface area contributed by atoms with Gasteiger partial charge in [0.25, 0.3) is 0 Å². The summed E-state index contributed by atoms with van der Waals surface area (Å²) in [6, 6.07) is 11.6. The van der Waals surface area contributed by atoms with Crippen molar-refractivity contribution in [1.29, 1.82) is 0 Å². The second kappa shape index (κ2) is 7.61. The summed E-state index contributed by atoms with van der Waals surface area (Å²) in [5, 5.41) is 0.751. The molecule has 1 atom stereocenters. The molecule has 0 bridgehead atoms. The molecule has 0 aliphatic carbocycles. The van der Waals surface area contributed by atoms with Gasteiger partial charge in [0.2, 0.25) is 0 Å². The van der Waals surface area contributed by atoms with Crippen LogP contribution >= 0.6 is 23.2 Å². The zero-order valence-corrected chi connectivity index (χ0v) is 12.7. The van der Waals surface area contributed by atoms with Gasteiger partial charge in [0.15, 0.2) is 0 Å². The van der Waals surface area contributed by atoms with Crippen molar-refractivity contribution in [1.82, 2.24) is 5.43 Å². The zero-order chi connectivity index (χ0) is 15.2. The van der Waals surface area contributed by atoms with Crippen molar-refractivity contribution in [2.45, 2.75) is 12.5 Å². The number of nitrogens with one attached hydrogen (secondary N) is 1. The Morgan fingerprint density at radius 2 is 1.86 bits per heavy atom. The number of benzene rings is 2. The minimum absolute atomic E-state index is 0.105. The Kier molecular flexibility index (Phi) is 5.82. The van der Waals surface area contributed by atoms with E-state index in [2.05, 4.69) is 5.43 Å². The molecule has 1 unspecified atom stereocenters. The molecule has 0 fully saturated rings. The molecule has 0 amide bonds. The van der Waals surface area contributed by atoms with Crippen LogP contribution in [0.2, 0.25) is 10.0 Å². The van der Waals surface area contributed by atoms with E-state index in [0.29, 0.717) is 23.8 Å². The van der Waals surface area contributed by atoms with Crippen LogP contribution in [0, 0.1) is 5.82 Å². The maximum absolute atomic E-state index is 13.4. The SMILES string of the molecule is NNC(COc1ccc(Cl)cc1)Cc1ccc(Cl)c(F)c1. The Morgan fingerprint density at radius 1 is 1.14 bits per heavy atom. The fourth-order valence-corrected chi connectivity index (χ4v) is 2.09. The van der Waals surface area contributed by atoms with E-state index in [4.69, 9.17) is 33.8 Å². The van der Waals surface area contributed by atoms with Crippen LogP contribution in [0.3, 0.4) is 0 Å². The largest absolute Gasteiger partial charge is 0.492 e. The zero-order valence-electron chi connectivity index (χ0n) is 11.2. The highest BCUT2D eigenvalue weighted by Gasteiger charge is 2.10. The van der Waals surface area contributed by atoms with Gasteiger partial charge in [-0.1, -0.05) is 29.3 Å². The van der Waals surface area contributed by atoms with E-state index in [0.717, 1.165) is 5.56 Å². The van der Waals surface area contributed by atoms with Crippen molar-refractivity contribution in [3.8, 4) is 5.75 Å². The minimum atomic E-state index is -0.441. The Labute approximate surface area is 132 Å². The number of ether oxygens (including phenoxy) is 1.